The fraction of sp³-hybridized carbons (Fsp3) is 0.682. The van der Waals surface area contributed by atoms with Gasteiger partial charge in [0.25, 0.3) is 0 Å². The number of aryl methyl sites for hydroxylation is 1. The molecule has 1 saturated heterocycles. The zero-order valence-corrected chi connectivity index (χ0v) is 20.7. The van der Waals surface area contributed by atoms with E-state index in [1.807, 2.05) is 14.0 Å². The van der Waals surface area contributed by atoms with Crippen molar-refractivity contribution < 1.29 is 9.47 Å². The van der Waals surface area contributed by atoms with E-state index in [0.29, 0.717) is 26.4 Å². The first-order valence-electron chi connectivity index (χ1n) is 10.7. The Morgan fingerprint density at radius 2 is 1.93 bits per heavy atom. The smallest absolute Gasteiger partial charge is 0.191 e. The molecule has 1 aliphatic heterocycles. The molecule has 2 rings (SSSR count). The van der Waals surface area contributed by atoms with E-state index in [1.54, 1.807) is 0 Å². The third-order valence-electron chi connectivity index (χ3n) is 4.97. The number of halogens is 1. The maximum absolute atomic E-state index is 5.92. The summed E-state index contributed by atoms with van der Waals surface area (Å²) in [6.07, 6.45) is 5.13. The van der Waals surface area contributed by atoms with Gasteiger partial charge in [0, 0.05) is 32.3 Å². The third-order valence-corrected chi connectivity index (χ3v) is 4.97. The van der Waals surface area contributed by atoms with E-state index >= 15 is 0 Å². The molecule has 0 spiro atoms. The van der Waals surface area contributed by atoms with E-state index in [9.17, 15) is 0 Å². The lowest BCUT2D eigenvalue weighted by Crippen LogP contribution is -2.37. The molecule has 0 atom stereocenters. The number of rotatable bonds is 12. The SMILES string of the molecule is CCOCCOc1cc(C)ccc1CNC(=NC)NCCCCN1CCCC1.I. The van der Waals surface area contributed by atoms with Crippen molar-refractivity contribution in [1.82, 2.24) is 15.5 Å². The van der Waals surface area contributed by atoms with Crippen molar-refractivity contribution >= 4 is 29.9 Å². The first-order valence-corrected chi connectivity index (χ1v) is 10.7. The van der Waals surface area contributed by atoms with Crippen LogP contribution in [-0.2, 0) is 11.3 Å². The van der Waals surface area contributed by atoms with Gasteiger partial charge in [0.2, 0.25) is 0 Å². The summed E-state index contributed by atoms with van der Waals surface area (Å²) in [6.45, 7) is 11.4. The number of aliphatic imine (C=N–C) groups is 1. The summed E-state index contributed by atoms with van der Waals surface area (Å²) < 4.78 is 11.3. The second-order valence-electron chi connectivity index (χ2n) is 7.26. The van der Waals surface area contributed by atoms with E-state index < -0.39 is 0 Å². The van der Waals surface area contributed by atoms with Crippen molar-refractivity contribution in [3.05, 3.63) is 29.3 Å². The van der Waals surface area contributed by atoms with Crippen LogP contribution in [0.1, 0.15) is 43.7 Å². The highest BCUT2D eigenvalue weighted by Gasteiger charge is 2.10. The predicted molar refractivity (Wildman–Crippen MR) is 132 cm³/mol. The fourth-order valence-corrected chi connectivity index (χ4v) is 3.37. The topological polar surface area (TPSA) is 58.1 Å². The Kier molecular flexibility index (Phi) is 14.1. The number of ether oxygens (including phenoxy) is 2. The van der Waals surface area contributed by atoms with E-state index in [2.05, 4.69) is 45.6 Å². The van der Waals surface area contributed by atoms with Gasteiger partial charge >= 0.3 is 0 Å². The van der Waals surface area contributed by atoms with E-state index in [0.717, 1.165) is 30.2 Å². The van der Waals surface area contributed by atoms with E-state index in [1.165, 1.54) is 44.5 Å². The van der Waals surface area contributed by atoms with Crippen LogP contribution in [0.2, 0.25) is 0 Å². The number of benzene rings is 1. The molecule has 0 saturated carbocycles. The standard InChI is InChI=1S/C22H38N4O2.HI/c1-4-27-15-16-28-21-17-19(2)9-10-20(21)18-25-22(23-3)24-11-5-6-12-26-13-7-8-14-26;/h9-10,17H,4-8,11-16,18H2,1-3H3,(H2,23,24,25);1H. The second kappa shape index (κ2) is 15.7. The molecule has 0 amide bonds. The summed E-state index contributed by atoms with van der Waals surface area (Å²) in [5.41, 5.74) is 2.31. The van der Waals surface area contributed by atoms with E-state index in [4.69, 9.17) is 9.47 Å². The highest BCUT2D eigenvalue weighted by atomic mass is 127. The molecule has 29 heavy (non-hydrogen) atoms. The monoisotopic (exact) mass is 518 g/mol. The van der Waals surface area contributed by atoms with Crippen LogP contribution in [0.5, 0.6) is 5.75 Å². The lowest BCUT2D eigenvalue weighted by molar-refractivity contribution is 0.110. The number of hydrogen-bond donors (Lipinski definition) is 2. The molecule has 1 aromatic carbocycles. The second-order valence-corrected chi connectivity index (χ2v) is 7.26. The van der Waals surface area contributed by atoms with Gasteiger partial charge in [-0.25, -0.2) is 0 Å². The first-order chi connectivity index (χ1) is 13.7. The van der Waals surface area contributed by atoms with Gasteiger partial charge in [-0.3, -0.25) is 4.99 Å². The normalized spacial score (nSPS) is 14.5. The molecule has 0 radical (unpaired) electrons. The van der Waals surface area contributed by atoms with Crippen LogP contribution in [-0.4, -0.2) is 63.9 Å². The van der Waals surface area contributed by atoms with Crippen LogP contribution in [0, 0.1) is 6.92 Å². The molecule has 6 nitrogen and oxygen atoms in total. The van der Waals surface area contributed by atoms with Gasteiger partial charge in [-0.15, -0.1) is 24.0 Å². The molecule has 0 aromatic heterocycles. The molecule has 2 N–H and O–H groups in total. The van der Waals surface area contributed by atoms with Crippen molar-refractivity contribution in [3.63, 3.8) is 0 Å². The van der Waals surface area contributed by atoms with Gasteiger partial charge in [0.05, 0.1) is 6.61 Å². The maximum Gasteiger partial charge on any atom is 0.191 e. The Labute approximate surface area is 193 Å². The lowest BCUT2D eigenvalue weighted by Gasteiger charge is -2.16. The number of hydrogen-bond acceptors (Lipinski definition) is 4. The molecule has 0 unspecified atom stereocenters. The van der Waals surface area contributed by atoms with Gasteiger partial charge in [-0.05, 0) is 70.8 Å². The lowest BCUT2D eigenvalue weighted by atomic mass is 10.1. The largest absolute Gasteiger partial charge is 0.491 e. The summed E-state index contributed by atoms with van der Waals surface area (Å²) in [4.78, 5) is 6.90. The average Bonchev–Trinajstić information content (AvgIpc) is 3.22. The highest BCUT2D eigenvalue weighted by Crippen LogP contribution is 2.20. The zero-order valence-electron chi connectivity index (χ0n) is 18.3. The molecular weight excluding hydrogens is 479 g/mol. The number of nitrogens with one attached hydrogen (secondary N) is 2. The highest BCUT2D eigenvalue weighted by molar-refractivity contribution is 14.0. The number of nitrogens with zero attached hydrogens (tertiary/aromatic N) is 2. The Bertz CT molecular complexity index is 592. The molecule has 0 bridgehead atoms. The van der Waals surface area contributed by atoms with Crippen LogP contribution in [0.15, 0.2) is 23.2 Å². The average molecular weight is 518 g/mol. The molecule has 1 fully saturated rings. The Morgan fingerprint density at radius 3 is 2.66 bits per heavy atom. The van der Waals surface area contributed by atoms with Gasteiger partial charge in [0.1, 0.15) is 12.4 Å². The van der Waals surface area contributed by atoms with Gasteiger partial charge < -0.3 is 25.0 Å². The molecule has 7 heteroatoms. The number of likely N-dealkylation sites (tertiary alicyclic amines) is 1. The number of guanidine groups is 1. The number of unbranched alkanes of at least 4 members (excludes halogenated alkanes) is 1. The third kappa shape index (κ3) is 10.5. The van der Waals surface area contributed by atoms with Gasteiger partial charge in [-0.1, -0.05) is 12.1 Å². The van der Waals surface area contributed by atoms with Crippen LogP contribution >= 0.6 is 24.0 Å². The van der Waals surface area contributed by atoms with Gasteiger partial charge in [-0.2, -0.15) is 0 Å². The van der Waals surface area contributed by atoms with Crippen molar-refractivity contribution in [2.75, 3.05) is 53.0 Å². The van der Waals surface area contributed by atoms with Crippen molar-refractivity contribution in [3.8, 4) is 5.75 Å². The molecular formula is C22H39IN4O2. The van der Waals surface area contributed by atoms with Crippen molar-refractivity contribution in [1.29, 1.82) is 0 Å². The zero-order chi connectivity index (χ0) is 20.0. The van der Waals surface area contributed by atoms with Crippen molar-refractivity contribution in [2.45, 2.75) is 46.1 Å². The Hall–Kier alpha value is -1.06. The Balaban J connectivity index is 0.00000420. The molecule has 0 aliphatic carbocycles. The van der Waals surface area contributed by atoms with E-state index in [-0.39, 0.29) is 24.0 Å². The minimum Gasteiger partial charge on any atom is -0.491 e. The molecule has 166 valence electrons. The fourth-order valence-electron chi connectivity index (χ4n) is 3.37. The van der Waals surface area contributed by atoms with Crippen LogP contribution in [0.4, 0.5) is 0 Å². The summed E-state index contributed by atoms with van der Waals surface area (Å²) >= 11 is 0. The van der Waals surface area contributed by atoms with Crippen LogP contribution in [0.25, 0.3) is 0 Å². The predicted octanol–water partition coefficient (Wildman–Crippen LogP) is 3.57. The molecule has 1 heterocycles. The van der Waals surface area contributed by atoms with Crippen LogP contribution < -0.4 is 15.4 Å². The van der Waals surface area contributed by atoms with Gasteiger partial charge in [0.15, 0.2) is 5.96 Å². The summed E-state index contributed by atoms with van der Waals surface area (Å²) in [5, 5.41) is 6.81. The quantitative estimate of drug-likeness (QED) is 0.192. The minimum absolute atomic E-state index is 0. The van der Waals surface area contributed by atoms with Crippen LogP contribution in [0.3, 0.4) is 0 Å². The summed E-state index contributed by atoms with van der Waals surface area (Å²) in [5.74, 6) is 1.75. The van der Waals surface area contributed by atoms with Crippen molar-refractivity contribution in [2.24, 2.45) is 4.99 Å². The molecule has 1 aliphatic rings. The first kappa shape index (κ1) is 26.0. The minimum atomic E-state index is 0. The molecule has 1 aromatic rings. The Morgan fingerprint density at radius 1 is 1.14 bits per heavy atom. The summed E-state index contributed by atoms with van der Waals surface area (Å²) in [7, 11) is 1.81. The summed E-state index contributed by atoms with van der Waals surface area (Å²) in [6, 6.07) is 6.31. The maximum atomic E-state index is 5.92.